The van der Waals surface area contributed by atoms with Gasteiger partial charge < -0.3 is 5.32 Å². The Bertz CT molecular complexity index is 531. The van der Waals surface area contributed by atoms with Gasteiger partial charge in [0.05, 0.1) is 10.7 Å². The molecule has 0 saturated carbocycles. The Morgan fingerprint density at radius 2 is 2.00 bits per heavy atom. The molecular weight excluding hydrogens is 252 g/mol. The second-order valence-electron chi connectivity index (χ2n) is 4.90. The highest BCUT2D eigenvalue weighted by Gasteiger charge is 2.08. The summed E-state index contributed by atoms with van der Waals surface area (Å²) in [6.45, 7) is 8.49. The number of hydrogen-bond acceptors (Lipinski definition) is 3. The van der Waals surface area contributed by atoms with Crippen LogP contribution < -0.4 is 5.32 Å². The SMILES string of the molecule is CCCNCc1sc(Cc2ccccc2C)nc1C. The van der Waals surface area contributed by atoms with Crippen molar-refractivity contribution < 1.29 is 0 Å². The highest BCUT2D eigenvalue weighted by Crippen LogP contribution is 2.22. The van der Waals surface area contributed by atoms with Crippen molar-refractivity contribution in [3.8, 4) is 0 Å². The van der Waals surface area contributed by atoms with E-state index in [1.807, 2.05) is 11.3 Å². The third-order valence-corrected chi connectivity index (χ3v) is 4.41. The summed E-state index contributed by atoms with van der Waals surface area (Å²) in [5.74, 6) is 0. The normalized spacial score (nSPS) is 10.9. The van der Waals surface area contributed by atoms with E-state index in [2.05, 4.69) is 50.4 Å². The largest absolute Gasteiger partial charge is 0.312 e. The maximum atomic E-state index is 4.70. The van der Waals surface area contributed by atoms with Gasteiger partial charge in [0.1, 0.15) is 0 Å². The topological polar surface area (TPSA) is 24.9 Å². The molecule has 1 N–H and O–H groups in total. The summed E-state index contributed by atoms with van der Waals surface area (Å²) in [4.78, 5) is 6.08. The second-order valence-corrected chi connectivity index (χ2v) is 6.06. The molecule has 2 aromatic rings. The Morgan fingerprint density at radius 1 is 1.21 bits per heavy atom. The molecule has 0 bridgehead atoms. The summed E-state index contributed by atoms with van der Waals surface area (Å²) in [6, 6.07) is 8.55. The van der Waals surface area contributed by atoms with E-state index in [0.29, 0.717) is 0 Å². The van der Waals surface area contributed by atoms with Gasteiger partial charge in [0, 0.05) is 17.8 Å². The fraction of sp³-hybridized carbons (Fsp3) is 0.438. The molecule has 2 rings (SSSR count). The predicted octanol–water partition coefficient (Wildman–Crippen LogP) is 3.85. The zero-order valence-corrected chi connectivity index (χ0v) is 12.8. The molecular formula is C16H22N2S. The molecule has 1 aromatic carbocycles. The Hall–Kier alpha value is -1.19. The van der Waals surface area contributed by atoms with Crippen molar-refractivity contribution in [3.63, 3.8) is 0 Å². The number of aromatic nitrogens is 1. The van der Waals surface area contributed by atoms with Gasteiger partial charge in [-0.2, -0.15) is 0 Å². The van der Waals surface area contributed by atoms with Crippen LogP contribution in [-0.2, 0) is 13.0 Å². The molecule has 0 fully saturated rings. The van der Waals surface area contributed by atoms with Gasteiger partial charge in [-0.3, -0.25) is 0 Å². The zero-order chi connectivity index (χ0) is 13.7. The number of benzene rings is 1. The fourth-order valence-electron chi connectivity index (χ4n) is 2.08. The fourth-order valence-corrected chi connectivity index (χ4v) is 3.14. The van der Waals surface area contributed by atoms with Crippen LogP contribution in [0, 0.1) is 13.8 Å². The van der Waals surface area contributed by atoms with Gasteiger partial charge >= 0.3 is 0 Å². The lowest BCUT2D eigenvalue weighted by atomic mass is 10.1. The van der Waals surface area contributed by atoms with Gasteiger partial charge in [0.15, 0.2) is 0 Å². The molecule has 1 heterocycles. The van der Waals surface area contributed by atoms with E-state index in [4.69, 9.17) is 4.98 Å². The highest BCUT2D eigenvalue weighted by molar-refractivity contribution is 7.11. The third kappa shape index (κ3) is 3.88. The van der Waals surface area contributed by atoms with Crippen molar-refractivity contribution in [1.82, 2.24) is 10.3 Å². The second kappa shape index (κ2) is 6.83. The Balaban J connectivity index is 2.06. The minimum atomic E-state index is 0.950. The first-order chi connectivity index (χ1) is 9.20. The van der Waals surface area contributed by atoms with Crippen LogP contribution in [0.3, 0.4) is 0 Å². The van der Waals surface area contributed by atoms with Crippen molar-refractivity contribution in [2.45, 2.75) is 40.2 Å². The average Bonchev–Trinajstić information content (AvgIpc) is 2.73. The minimum Gasteiger partial charge on any atom is -0.312 e. The van der Waals surface area contributed by atoms with Crippen LogP contribution in [0.15, 0.2) is 24.3 Å². The van der Waals surface area contributed by atoms with Crippen LogP contribution in [0.2, 0.25) is 0 Å². The lowest BCUT2D eigenvalue weighted by Crippen LogP contribution is -2.13. The molecule has 0 aliphatic carbocycles. The molecule has 0 aliphatic heterocycles. The first-order valence-corrected chi connectivity index (χ1v) is 7.72. The molecule has 0 aliphatic rings. The van der Waals surface area contributed by atoms with Crippen molar-refractivity contribution in [1.29, 1.82) is 0 Å². The van der Waals surface area contributed by atoms with E-state index >= 15 is 0 Å². The summed E-state index contributed by atoms with van der Waals surface area (Å²) in [5, 5.41) is 4.67. The molecule has 0 atom stereocenters. The average molecular weight is 274 g/mol. The Labute approximate surface area is 119 Å². The number of hydrogen-bond donors (Lipinski definition) is 1. The van der Waals surface area contributed by atoms with Crippen LogP contribution in [0.25, 0.3) is 0 Å². The molecule has 3 heteroatoms. The predicted molar refractivity (Wildman–Crippen MR) is 82.8 cm³/mol. The van der Waals surface area contributed by atoms with Crippen LogP contribution in [0.5, 0.6) is 0 Å². The molecule has 2 nitrogen and oxygen atoms in total. The molecule has 0 amide bonds. The van der Waals surface area contributed by atoms with Gasteiger partial charge in [-0.25, -0.2) is 4.98 Å². The van der Waals surface area contributed by atoms with Gasteiger partial charge in [-0.15, -0.1) is 11.3 Å². The van der Waals surface area contributed by atoms with Crippen molar-refractivity contribution in [2.24, 2.45) is 0 Å². The van der Waals surface area contributed by atoms with E-state index < -0.39 is 0 Å². The first-order valence-electron chi connectivity index (χ1n) is 6.91. The summed E-state index contributed by atoms with van der Waals surface area (Å²) >= 11 is 1.84. The van der Waals surface area contributed by atoms with Crippen LogP contribution in [0.1, 0.15) is 40.1 Å². The number of thiazole rings is 1. The maximum Gasteiger partial charge on any atom is 0.0975 e. The standard InChI is InChI=1S/C16H22N2S/c1-4-9-17-11-15-13(3)18-16(19-15)10-14-8-6-5-7-12(14)2/h5-8,17H,4,9-11H2,1-3H3. The Kier molecular flexibility index (Phi) is 5.11. The minimum absolute atomic E-state index is 0.950. The number of aryl methyl sites for hydroxylation is 2. The third-order valence-electron chi connectivity index (χ3n) is 3.25. The van der Waals surface area contributed by atoms with E-state index in [9.17, 15) is 0 Å². The molecule has 0 spiro atoms. The number of rotatable bonds is 6. The van der Waals surface area contributed by atoms with Crippen LogP contribution in [-0.4, -0.2) is 11.5 Å². The van der Waals surface area contributed by atoms with E-state index in [0.717, 1.165) is 19.5 Å². The van der Waals surface area contributed by atoms with Crippen LogP contribution in [0.4, 0.5) is 0 Å². The first kappa shape index (κ1) is 14.2. The summed E-state index contributed by atoms with van der Waals surface area (Å²) < 4.78 is 0. The molecule has 102 valence electrons. The van der Waals surface area contributed by atoms with Crippen molar-refractivity contribution in [2.75, 3.05) is 6.54 Å². The van der Waals surface area contributed by atoms with Crippen molar-refractivity contribution >= 4 is 11.3 Å². The highest BCUT2D eigenvalue weighted by atomic mass is 32.1. The lowest BCUT2D eigenvalue weighted by molar-refractivity contribution is 0.678. The van der Waals surface area contributed by atoms with E-state index in [1.54, 1.807) is 0 Å². The van der Waals surface area contributed by atoms with Gasteiger partial charge in [-0.1, -0.05) is 31.2 Å². The van der Waals surface area contributed by atoms with E-state index in [1.165, 1.54) is 33.1 Å². The Morgan fingerprint density at radius 3 is 2.74 bits per heavy atom. The summed E-state index contributed by atoms with van der Waals surface area (Å²) in [5.41, 5.74) is 3.91. The number of nitrogens with zero attached hydrogens (tertiary/aromatic N) is 1. The number of nitrogens with one attached hydrogen (secondary N) is 1. The summed E-state index contributed by atoms with van der Waals surface area (Å²) in [6.07, 6.45) is 2.12. The molecule has 19 heavy (non-hydrogen) atoms. The van der Waals surface area contributed by atoms with Gasteiger partial charge in [0.2, 0.25) is 0 Å². The smallest absolute Gasteiger partial charge is 0.0975 e. The zero-order valence-electron chi connectivity index (χ0n) is 12.0. The molecule has 0 radical (unpaired) electrons. The van der Waals surface area contributed by atoms with Crippen molar-refractivity contribution in [3.05, 3.63) is 51.0 Å². The van der Waals surface area contributed by atoms with Gasteiger partial charge in [-0.05, 0) is 37.9 Å². The van der Waals surface area contributed by atoms with E-state index in [-0.39, 0.29) is 0 Å². The monoisotopic (exact) mass is 274 g/mol. The molecule has 0 saturated heterocycles. The summed E-state index contributed by atoms with van der Waals surface area (Å²) in [7, 11) is 0. The maximum absolute atomic E-state index is 4.70. The molecule has 0 unspecified atom stereocenters. The molecule has 1 aromatic heterocycles. The quantitative estimate of drug-likeness (QED) is 0.809. The van der Waals surface area contributed by atoms with Crippen LogP contribution >= 0.6 is 11.3 Å². The lowest BCUT2D eigenvalue weighted by Gasteiger charge is -2.02. The van der Waals surface area contributed by atoms with Gasteiger partial charge in [0.25, 0.3) is 0 Å².